The molecule has 0 aromatic heterocycles. The Morgan fingerprint density at radius 2 is 1.51 bits per heavy atom. The molecule has 3 aliphatic rings. The molecular formula is C30H32O5. The van der Waals surface area contributed by atoms with Gasteiger partial charge in [-0.25, -0.2) is 0 Å². The summed E-state index contributed by atoms with van der Waals surface area (Å²) in [4.78, 5) is 13.2. The van der Waals surface area contributed by atoms with E-state index in [1.165, 1.54) is 6.42 Å². The Hall–Kier alpha value is -3.15. The summed E-state index contributed by atoms with van der Waals surface area (Å²) in [6.07, 6.45) is 5.31. The molecule has 35 heavy (non-hydrogen) atoms. The Balaban J connectivity index is 1.47. The van der Waals surface area contributed by atoms with Gasteiger partial charge in [-0.3, -0.25) is 4.79 Å². The molecule has 0 heterocycles. The largest absolute Gasteiger partial charge is 0.465 e. The fourth-order valence-electron chi connectivity index (χ4n) is 5.62. The average molecular weight is 473 g/mol. The topological polar surface area (TPSA) is 76.0 Å². The second kappa shape index (κ2) is 9.48. The van der Waals surface area contributed by atoms with Crippen LogP contribution in [0, 0.1) is 5.92 Å². The van der Waals surface area contributed by atoms with Crippen LogP contribution in [0.15, 0.2) is 72.8 Å². The quantitative estimate of drug-likeness (QED) is 0.304. The first-order valence-corrected chi connectivity index (χ1v) is 12.6. The van der Waals surface area contributed by atoms with Crippen LogP contribution in [-0.2, 0) is 20.7 Å². The monoisotopic (exact) mass is 472 g/mol. The van der Waals surface area contributed by atoms with Gasteiger partial charge in [0.2, 0.25) is 0 Å². The third-order valence-corrected chi connectivity index (χ3v) is 7.39. The van der Waals surface area contributed by atoms with E-state index in [2.05, 4.69) is 6.92 Å². The summed E-state index contributed by atoms with van der Waals surface area (Å²) < 4.78 is 11.6. The van der Waals surface area contributed by atoms with E-state index < -0.39 is 23.1 Å². The number of rotatable bonds is 9. The first-order valence-electron chi connectivity index (χ1n) is 12.6. The van der Waals surface area contributed by atoms with E-state index in [4.69, 9.17) is 9.47 Å². The zero-order valence-corrected chi connectivity index (χ0v) is 20.1. The van der Waals surface area contributed by atoms with Gasteiger partial charge in [0.1, 0.15) is 22.7 Å². The Bertz CT molecular complexity index is 1210. The number of carbonyl (C=O) groups is 1. The highest BCUT2D eigenvalue weighted by Crippen LogP contribution is 2.60. The molecule has 6 rings (SSSR count). The molecule has 0 fully saturated rings. The smallest absolute Gasteiger partial charge is 0.312 e. The van der Waals surface area contributed by atoms with Gasteiger partial charge in [0.15, 0.2) is 0 Å². The van der Waals surface area contributed by atoms with Gasteiger partial charge < -0.3 is 19.7 Å². The lowest BCUT2D eigenvalue weighted by atomic mass is 9.54. The summed E-state index contributed by atoms with van der Waals surface area (Å²) in [7, 11) is 0. The molecule has 3 unspecified atom stereocenters. The minimum absolute atomic E-state index is 0.0526. The highest BCUT2D eigenvalue weighted by atomic mass is 16.5. The van der Waals surface area contributed by atoms with Gasteiger partial charge >= 0.3 is 5.97 Å². The zero-order chi connectivity index (χ0) is 24.5. The lowest BCUT2D eigenvalue weighted by molar-refractivity contribution is -0.167. The zero-order valence-electron chi connectivity index (χ0n) is 20.1. The number of hydrogen-bond donors (Lipinski definition) is 2. The van der Waals surface area contributed by atoms with Crippen molar-refractivity contribution in [1.82, 2.24) is 0 Å². The SMILES string of the molecule is CCCCCCCOC(=O)C1CC2(O)c3ccccc3C1(O)c1ccc(Oc3ccccc3)cc12. The maximum Gasteiger partial charge on any atom is 0.312 e. The average Bonchev–Trinajstić information content (AvgIpc) is 2.88. The second-order valence-corrected chi connectivity index (χ2v) is 9.63. The van der Waals surface area contributed by atoms with Crippen LogP contribution in [0.4, 0.5) is 0 Å². The molecule has 5 heteroatoms. The second-order valence-electron chi connectivity index (χ2n) is 9.63. The van der Waals surface area contributed by atoms with Crippen molar-refractivity contribution in [3.8, 4) is 11.5 Å². The van der Waals surface area contributed by atoms with Gasteiger partial charge in [-0.15, -0.1) is 0 Å². The third-order valence-electron chi connectivity index (χ3n) is 7.39. The molecule has 3 aromatic rings. The number of fused-ring (bicyclic) bond motifs is 1. The van der Waals surface area contributed by atoms with Crippen molar-refractivity contribution in [3.05, 3.63) is 95.1 Å². The molecule has 0 radical (unpaired) electrons. The molecule has 3 aromatic carbocycles. The molecule has 5 nitrogen and oxygen atoms in total. The van der Waals surface area contributed by atoms with Gasteiger partial charge in [0.25, 0.3) is 0 Å². The number of esters is 1. The molecule has 3 atom stereocenters. The Morgan fingerprint density at radius 1 is 0.829 bits per heavy atom. The van der Waals surface area contributed by atoms with Gasteiger partial charge in [-0.2, -0.15) is 0 Å². The summed E-state index contributed by atoms with van der Waals surface area (Å²) in [6, 6.07) is 22.0. The third kappa shape index (κ3) is 4.03. The Kier molecular flexibility index (Phi) is 6.39. The molecule has 0 spiro atoms. The number of aliphatic hydroxyl groups is 2. The Labute approximate surface area is 206 Å². The molecule has 0 saturated heterocycles. The Morgan fingerprint density at radius 3 is 2.29 bits per heavy atom. The van der Waals surface area contributed by atoms with Crippen LogP contribution < -0.4 is 4.74 Å². The van der Waals surface area contributed by atoms with Gasteiger partial charge in [0.05, 0.1) is 12.5 Å². The summed E-state index contributed by atoms with van der Waals surface area (Å²) in [6.45, 7) is 2.49. The molecule has 3 aliphatic carbocycles. The number of unbranched alkanes of at least 4 members (excludes halogenated alkanes) is 4. The van der Waals surface area contributed by atoms with Crippen LogP contribution >= 0.6 is 0 Å². The van der Waals surface area contributed by atoms with Crippen molar-refractivity contribution < 1.29 is 24.5 Å². The normalized spacial score (nSPS) is 23.9. The van der Waals surface area contributed by atoms with E-state index in [0.29, 0.717) is 40.4 Å². The van der Waals surface area contributed by atoms with E-state index in [0.717, 1.165) is 25.7 Å². The maximum atomic E-state index is 13.2. The van der Waals surface area contributed by atoms with Gasteiger partial charge in [-0.1, -0.05) is 81.1 Å². The summed E-state index contributed by atoms with van der Waals surface area (Å²) in [5.74, 6) is -0.124. The van der Waals surface area contributed by atoms with Crippen molar-refractivity contribution in [2.75, 3.05) is 6.61 Å². The number of carbonyl (C=O) groups excluding carboxylic acids is 1. The molecular weight excluding hydrogens is 440 g/mol. The highest BCUT2D eigenvalue weighted by molar-refractivity contribution is 5.79. The van der Waals surface area contributed by atoms with Crippen molar-refractivity contribution in [2.45, 2.75) is 56.7 Å². The predicted molar refractivity (Wildman–Crippen MR) is 133 cm³/mol. The number of benzene rings is 3. The lowest BCUT2D eigenvalue weighted by Gasteiger charge is -2.53. The van der Waals surface area contributed by atoms with Gasteiger partial charge in [0, 0.05) is 6.42 Å². The summed E-state index contributed by atoms with van der Waals surface area (Å²) in [5.41, 5.74) is -0.748. The molecule has 2 bridgehead atoms. The maximum absolute atomic E-state index is 13.2. The fourth-order valence-corrected chi connectivity index (χ4v) is 5.62. The first kappa shape index (κ1) is 23.6. The van der Waals surface area contributed by atoms with Crippen molar-refractivity contribution in [3.63, 3.8) is 0 Å². The van der Waals surface area contributed by atoms with E-state index >= 15 is 0 Å². The molecule has 0 saturated carbocycles. The standard InChI is InChI=1S/C30H32O5/c1-2-3-4-5-11-18-34-28(31)27-20-29(32)23-14-9-10-15-24(23)30(27,33)25-17-16-22(19-26(25)29)35-21-12-7-6-8-13-21/h6-10,12-17,19,27,32-33H,2-5,11,18,20H2,1H3. The van der Waals surface area contributed by atoms with Gasteiger partial charge in [-0.05, 0) is 52.9 Å². The molecule has 0 aliphatic heterocycles. The van der Waals surface area contributed by atoms with E-state index in [-0.39, 0.29) is 6.42 Å². The minimum Gasteiger partial charge on any atom is -0.465 e. The van der Waals surface area contributed by atoms with Crippen molar-refractivity contribution >= 4 is 5.97 Å². The van der Waals surface area contributed by atoms with Crippen LogP contribution in [-0.4, -0.2) is 22.8 Å². The number of para-hydroxylation sites is 1. The molecule has 0 amide bonds. The fraction of sp³-hybridized carbons (Fsp3) is 0.367. The van der Waals surface area contributed by atoms with Crippen LogP contribution in [0.25, 0.3) is 0 Å². The number of ether oxygens (including phenoxy) is 2. The van der Waals surface area contributed by atoms with E-state index in [9.17, 15) is 15.0 Å². The number of hydrogen-bond acceptors (Lipinski definition) is 5. The summed E-state index contributed by atoms with van der Waals surface area (Å²) in [5, 5.41) is 24.2. The van der Waals surface area contributed by atoms with Crippen LogP contribution in [0.5, 0.6) is 11.5 Å². The molecule has 182 valence electrons. The van der Waals surface area contributed by atoms with Crippen LogP contribution in [0.1, 0.15) is 67.7 Å². The minimum atomic E-state index is -1.58. The first-order chi connectivity index (χ1) is 17.0. The van der Waals surface area contributed by atoms with Crippen LogP contribution in [0.3, 0.4) is 0 Å². The van der Waals surface area contributed by atoms with E-state index in [1.54, 1.807) is 24.3 Å². The van der Waals surface area contributed by atoms with Crippen molar-refractivity contribution in [1.29, 1.82) is 0 Å². The van der Waals surface area contributed by atoms with Crippen LogP contribution in [0.2, 0.25) is 0 Å². The van der Waals surface area contributed by atoms with Crippen molar-refractivity contribution in [2.24, 2.45) is 5.92 Å². The highest BCUT2D eigenvalue weighted by Gasteiger charge is 2.62. The summed E-state index contributed by atoms with van der Waals surface area (Å²) >= 11 is 0. The molecule has 2 N–H and O–H groups in total. The predicted octanol–water partition coefficient (Wildman–Crippen LogP) is 5.80. The van der Waals surface area contributed by atoms with E-state index in [1.807, 2.05) is 48.5 Å². The lowest BCUT2D eigenvalue weighted by Crippen LogP contribution is -2.57.